The highest BCUT2D eigenvalue weighted by molar-refractivity contribution is 5.83. The van der Waals surface area contributed by atoms with Crippen molar-refractivity contribution in [2.75, 3.05) is 13.1 Å². The molecule has 5 nitrogen and oxygen atoms in total. The molecule has 0 bridgehead atoms. The summed E-state index contributed by atoms with van der Waals surface area (Å²) in [4.78, 5) is 24.9. The van der Waals surface area contributed by atoms with Gasteiger partial charge in [-0.2, -0.15) is 0 Å². The number of hydrogen-bond acceptors (Lipinski definition) is 3. The first kappa shape index (κ1) is 14.5. The van der Waals surface area contributed by atoms with Gasteiger partial charge in [0.05, 0.1) is 0 Å². The fourth-order valence-corrected chi connectivity index (χ4v) is 2.68. The van der Waals surface area contributed by atoms with E-state index in [4.69, 9.17) is 10.8 Å². The zero-order chi connectivity index (χ0) is 14.5. The molecule has 1 aromatic carbocycles. The Morgan fingerprint density at radius 3 is 2.70 bits per heavy atom. The molecule has 1 saturated heterocycles. The van der Waals surface area contributed by atoms with Crippen LogP contribution < -0.4 is 5.73 Å². The fraction of sp³-hybridized carbons (Fsp3) is 0.467. The number of aliphatic carboxylic acids is 1. The Morgan fingerprint density at radius 1 is 1.35 bits per heavy atom. The van der Waals surface area contributed by atoms with Gasteiger partial charge >= 0.3 is 5.97 Å². The second kappa shape index (κ2) is 6.52. The van der Waals surface area contributed by atoms with Crippen molar-refractivity contribution in [3.63, 3.8) is 0 Å². The maximum atomic E-state index is 12.4. The third kappa shape index (κ3) is 3.57. The molecule has 1 aromatic rings. The lowest BCUT2D eigenvalue weighted by molar-refractivity contribution is -0.141. The normalized spacial score (nSPS) is 20.4. The zero-order valence-electron chi connectivity index (χ0n) is 11.4. The number of piperidine rings is 1. The molecule has 0 radical (unpaired) electrons. The van der Waals surface area contributed by atoms with Crippen LogP contribution in [-0.4, -0.2) is 35.0 Å². The number of carboxylic acids is 1. The molecule has 108 valence electrons. The van der Waals surface area contributed by atoms with Crippen LogP contribution in [0.5, 0.6) is 0 Å². The molecular weight excluding hydrogens is 256 g/mol. The molecule has 2 atom stereocenters. The summed E-state index contributed by atoms with van der Waals surface area (Å²) in [5, 5.41) is 8.85. The lowest BCUT2D eigenvalue weighted by Crippen LogP contribution is -2.44. The number of likely N-dealkylation sites (tertiary alicyclic amines) is 1. The standard InChI is InChI=1S/C15H20N2O3/c16-14(12-6-2-1-3-7-12)15(20)17-8-4-5-11(10-17)9-13(18)19/h1-3,6-7,11,14H,4-5,8-10,16H2,(H,18,19)/t11?,14-/m0/s1. The Bertz CT molecular complexity index is 475. The van der Waals surface area contributed by atoms with Crippen LogP contribution in [0.1, 0.15) is 30.9 Å². The molecule has 1 fully saturated rings. The van der Waals surface area contributed by atoms with Crippen molar-refractivity contribution < 1.29 is 14.7 Å². The Kier molecular flexibility index (Phi) is 4.74. The van der Waals surface area contributed by atoms with Crippen molar-refractivity contribution in [3.05, 3.63) is 35.9 Å². The highest BCUT2D eigenvalue weighted by Crippen LogP contribution is 2.22. The fourth-order valence-electron chi connectivity index (χ4n) is 2.68. The van der Waals surface area contributed by atoms with E-state index in [1.165, 1.54) is 0 Å². The highest BCUT2D eigenvalue weighted by atomic mass is 16.4. The van der Waals surface area contributed by atoms with Crippen LogP contribution >= 0.6 is 0 Å². The Labute approximate surface area is 118 Å². The number of hydrogen-bond donors (Lipinski definition) is 2. The van der Waals surface area contributed by atoms with Gasteiger partial charge in [0, 0.05) is 19.5 Å². The maximum absolute atomic E-state index is 12.4. The molecule has 1 unspecified atom stereocenters. The molecule has 1 heterocycles. The quantitative estimate of drug-likeness (QED) is 0.870. The number of nitrogens with two attached hydrogens (primary N) is 1. The highest BCUT2D eigenvalue weighted by Gasteiger charge is 2.28. The molecule has 0 aromatic heterocycles. The second-order valence-electron chi connectivity index (χ2n) is 5.28. The first-order valence-electron chi connectivity index (χ1n) is 6.89. The molecular formula is C15H20N2O3. The van der Waals surface area contributed by atoms with Crippen molar-refractivity contribution in [2.45, 2.75) is 25.3 Å². The van der Waals surface area contributed by atoms with Crippen LogP contribution in [0.15, 0.2) is 30.3 Å². The summed E-state index contributed by atoms with van der Waals surface area (Å²) in [6.45, 7) is 1.15. The summed E-state index contributed by atoms with van der Waals surface area (Å²) in [6.07, 6.45) is 1.81. The first-order valence-corrected chi connectivity index (χ1v) is 6.89. The van der Waals surface area contributed by atoms with Crippen LogP contribution in [0.25, 0.3) is 0 Å². The summed E-state index contributed by atoms with van der Waals surface area (Å²) in [5.74, 6) is -0.892. The molecule has 20 heavy (non-hydrogen) atoms. The number of rotatable bonds is 4. The van der Waals surface area contributed by atoms with Crippen LogP contribution in [0.4, 0.5) is 0 Å². The third-order valence-electron chi connectivity index (χ3n) is 3.72. The summed E-state index contributed by atoms with van der Waals surface area (Å²) in [7, 11) is 0. The lowest BCUT2D eigenvalue weighted by atomic mass is 9.94. The van der Waals surface area contributed by atoms with Crippen LogP contribution in [0.2, 0.25) is 0 Å². The smallest absolute Gasteiger partial charge is 0.303 e. The monoisotopic (exact) mass is 276 g/mol. The molecule has 0 aliphatic carbocycles. The molecule has 0 saturated carbocycles. The minimum atomic E-state index is -0.809. The summed E-state index contributed by atoms with van der Waals surface area (Å²) in [6, 6.07) is 8.59. The van der Waals surface area contributed by atoms with Crippen molar-refractivity contribution in [3.8, 4) is 0 Å². The third-order valence-corrected chi connectivity index (χ3v) is 3.72. The van der Waals surface area contributed by atoms with E-state index in [0.717, 1.165) is 18.4 Å². The molecule has 0 spiro atoms. The summed E-state index contributed by atoms with van der Waals surface area (Å²) >= 11 is 0. The second-order valence-corrected chi connectivity index (χ2v) is 5.28. The van der Waals surface area contributed by atoms with Gasteiger partial charge in [-0.05, 0) is 24.3 Å². The zero-order valence-corrected chi connectivity index (χ0v) is 11.4. The first-order chi connectivity index (χ1) is 9.58. The lowest BCUT2D eigenvalue weighted by Gasteiger charge is -2.33. The maximum Gasteiger partial charge on any atom is 0.303 e. The minimum absolute atomic E-state index is 0.0353. The van der Waals surface area contributed by atoms with Crippen LogP contribution in [0, 0.1) is 5.92 Å². The summed E-state index contributed by atoms with van der Waals surface area (Å²) in [5.41, 5.74) is 6.80. The van der Waals surface area contributed by atoms with E-state index in [-0.39, 0.29) is 18.2 Å². The predicted octanol–water partition coefficient (Wildman–Crippen LogP) is 1.40. The van der Waals surface area contributed by atoms with Crippen molar-refractivity contribution >= 4 is 11.9 Å². The van der Waals surface area contributed by atoms with Gasteiger partial charge in [-0.15, -0.1) is 0 Å². The van der Waals surface area contributed by atoms with Crippen molar-refractivity contribution in [1.29, 1.82) is 0 Å². The molecule has 1 amide bonds. The van der Waals surface area contributed by atoms with Gasteiger partial charge in [-0.1, -0.05) is 30.3 Å². The van der Waals surface area contributed by atoms with Gasteiger partial charge in [0.1, 0.15) is 6.04 Å². The molecule has 5 heteroatoms. The van der Waals surface area contributed by atoms with Gasteiger partial charge in [-0.25, -0.2) is 0 Å². The average Bonchev–Trinajstić information content (AvgIpc) is 2.46. The van der Waals surface area contributed by atoms with E-state index >= 15 is 0 Å². The molecule has 1 aliphatic heterocycles. The number of carbonyl (C=O) groups excluding carboxylic acids is 1. The minimum Gasteiger partial charge on any atom is -0.481 e. The van der Waals surface area contributed by atoms with Gasteiger partial charge in [0.25, 0.3) is 0 Å². The van der Waals surface area contributed by atoms with Crippen molar-refractivity contribution in [1.82, 2.24) is 4.90 Å². The largest absolute Gasteiger partial charge is 0.481 e. The van der Waals surface area contributed by atoms with E-state index < -0.39 is 12.0 Å². The Hall–Kier alpha value is -1.88. The molecule has 2 rings (SSSR count). The summed E-state index contributed by atoms with van der Waals surface area (Å²) < 4.78 is 0. The molecule has 1 aliphatic rings. The Morgan fingerprint density at radius 2 is 2.05 bits per heavy atom. The molecule has 3 N–H and O–H groups in total. The SMILES string of the molecule is N[C@H](C(=O)N1CCCC(CC(=O)O)C1)c1ccccc1. The van der Waals surface area contributed by atoms with Gasteiger partial charge in [0.15, 0.2) is 0 Å². The number of nitrogens with zero attached hydrogens (tertiary/aromatic N) is 1. The number of carboxylic acid groups (broad SMARTS) is 1. The van der Waals surface area contributed by atoms with Crippen LogP contribution in [-0.2, 0) is 9.59 Å². The topological polar surface area (TPSA) is 83.6 Å². The van der Waals surface area contributed by atoms with E-state index in [0.29, 0.717) is 13.1 Å². The number of benzene rings is 1. The average molecular weight is 276 g/mol. The van der Waals surface area contributed by atoms with E-state index in [2.05, 4.69) is 0 Å². The Balaban J connectivity index is 1.99. The van der Waals surface area contributed by atoms with E-state index in [1.54, 1.807) is 4.90 Å². The van der Waals surface area contributed by atoms with Gasteiger partial charge in [-0.3, -0.25) is 9.59 Å². The number of carbonyl (C=O) groups is 2. The van der Waals surface area contributed by atoms with Gasteiger partial charge in [0.2, 0.25) is 5.91 Å². The van der Waals surface area contributed by atoms with E-state index in [1.807, 2.05) is 30.3 Å². The van der Waals surface area contributed by atoms with Crippen LogP contribution in [0.3, 0.4) is 0 Å². The van der Waals surface area contributed by atoms with Crippen molar-refractivity contribution in [2.24, 2.45) is 11.7 Å². The van der Waals surface area contributed by atoms with E-state index in [9.17, 15) is 9.59 Å². The number of amides is 1. The predicted molar refractivity (Wildman–Crippen MR) is 74.9 cm³/mol. The van der Waals surface area contributed by atoms with Gasteiger partial charge < -0.3 is 15.7 Å².